The van der Waals surface area contributed by atoms with Gasteiger partial charge in [0.25, 0.3) is 5.56 Å². The van der Waals surface area contributed by atoms with Crippen LogP contribution in [0, 0.1) is 11.8 Å². The molecule has 240 valence electrons. The van der Waals surface area contributed by atoms with Gasteiger partial charge in [-0.2, -0.15) is 4.98 Å². The van der Waals surface area contributed by atoms with E-state index in [1.807, 2.05) is 4.90 Å². The number of hydrogen-bond acceptors (Lipinski definition) is 10. The fourth-order valence-electron chi connectivity index (χ4n) is 5.05. The molecule has 1 aliphatic heterocycles. The lowest BCUT2D eigenvalue weighted by molar-refractivity contribution is -0.142. The Labute approximate surface area is 259 Å². The van der Waals surface area contributed by atoms with Crippen LogP contribution in [-0.4, -0.2) is 75.0 Å². The molecule has 0 spiro atoms. The molecule has 4 rings (SSSR count). The lowest BCUT2D eigenvalue weighted by Crippen LogP contribution is -2.49. The molecule has 45 heavy (non-hydrogen) atoms. The van der Waals surface area contributed by atoms with Crippen LogP contribution in [0.5, 0.6) is 5.75 Å². The number of esters is 1. The Morgan fingerprint density at radius 1 is 1.13 bits per heavy atom. The monoisotopic (exact) mass is 622 g/mol. The van der Waals surface area contributed by atoms with Gasteiger partial charge in [-0.05, 0) is 52.7 Å². The zero-order chi connectivity index (χ0) is 32.9. The van der Waals surface area contributed by atoms with Crippen LogP contribution in [0.3, 0.4) is 0 Å². The van der Waals surface area contributed by atoms with Crippen molar-refractivity contribution in [3.05, 3.63) is 50.7 Å². The van der Waals surface area contributed by atoms with E-state index in [1.165, 1.54) is 30.9 Å². The zero-order valence-electron chi connectivity index (χ0n) is 26.3. The number of rotatable bonds is 9. The molecule has 1 unspecified atom stereocenters. The van der Waals surface area contributed by atoms with Crippen LogP contribution in [0.1, 0.15) is 50.9 Å². The van der Waals surface area contributed by atoms with Crippen LogP contribution in [0.25, 0.3) is 11.2 Å². The number of alkyl carbamates (subject to hydrolysis) is 1. The highest BCUT2D eigenvalue weighted by atomic mass is 16.6. The van der Waals surface area contributed by atoms with Gasteiger partial charge in [-0.3, -0.25) is 23.3 Å². The molecule has 0 aliphatic carbocycles. The second-order valence-electron chi connectivity index (χ2n) is 11.5. The maximum atomic E-state index is 13.9. The number of carbonyl (C=O) groups excluding carboxylic acids is 3. The Morgan fingerprint density at radius 2 is 1.87 bits per heavy atom. The van der Waals surface area contributed by atoms with Crippen LogP contribution in [0.4, 0.5) is 10.7 Å². The summed E-state index contributed by atoms with van der Waals surface area (Å²) in [6, 6.07) is 5.99. The summed E-state index contributed by atoms with van der Waals surface area (Å²) in [5.41, 5.74) is -1.72. The van der Waals surface area contributed by atoms with Gasteiger partial charge >= 0.3 is 17.8 Å². The molecule has 1 N–H and O–H groups in total. The van der Waals surface area contributed by atoms with Crippen molar-refractivity contribution in [2.45, 2.75) is 65.3 Å². The van der Waals surface area contributed by atoms with E-state index in [-0.39, 0.29) is 35.1 Å². The van der Waals surface area contributed by atoms with Gasteiger partial charge in [-0.25, -0.2) is 14.4 Å². The molecular formula is C31H38N6O8. The van der Waals surface area contributed by atoms with Gasteiger partial charge in [0.2, 0.25) is 5.95 Å². The van der Waals surface area contributed by atoms with Gasteiger partial charge in [0.05, 0.1) is 25.8 Å². The second kappa shape index (κ2) is 13.7. The first kappa shape index (κ1) is 32.8. The summed E-state index contributed by atoms with van der Waals surface area (Å²) in [6.07, 6.45) is 0.938. The van der Waals surface area contributed by atoms with E-state index in [1.54, 1.807) is 44.4 Å². The number of nitrogens with one attached hydrogen (secondary N) is 1. The fraction of sp³-hybridized carbons (Fsp3) is 0.484. The molecule has 14 nitrogen and oxygen atoms in total. The Bertz CT molecular complexity index is 1790. The van der Waals surface area contributed by atoms with E-state index in [2.05, 4.69) is 21.9 Å². The van der Waals surface area contributed by atoms with Crippen LogP contribution in [-0.2, 0) is 34.4 Å². The Balaban J connectivity index is 1.71. The summed E-state index contributed by atoms with van der Waals surface area (Å²) in [4.78, 5) is 71.5. The number of Topliss-reactive ketones (excluding diaryl/α,β-unsaturated/α-hetero) is 1. The molecule has 1 saturated heterocycles. The molecular weight excluding hydrogens is 584 g/mol. The van der Waals surface area contributed by atoms with Crippen molar-refractivity contribution in [2.24, 2.45) is 7.05 Å². The number of hydrogen-bond donors (Lipinski definition) is 1. The molecule has 1 atom stereocenters. The number of benzene rings is 1. The minimum atomic E-state index is -0.727. The van der Waals surface area contributed by atoms with Gasteiger partial charge in [-0.15, -0.1) is 5.92 Å². The van der Waals surface area contributed by atoms with E-state index in [4.69, 9.17) is 14.5 Å². The number of methoxy groups -OCH3 is 1. The molecule has 1 aliphatic rings. The Hall–Kier alpha value is -5.06. The second-order valence-corrected chi connectivity index (χ2v) is 11.5. The number of fused-ring (bicyclic) bond motifs is 1. The predicted octanol–water partition coefficient (Wildman–Crippen LogP) is 1.85. The highest BCUT2D eigenvalue weighted by molar-refractivity contribution is 5.98. The predicted molar refractivity (Wildman–Crippen MR) is 166 cm³/mol. The number of aromatic nitrogens is 4. The molecule has 2 aromatic heterocycles. The number of anilines is 1. The van der Waals surface area contributed by atoms with Crippen LogP contribution in [0.15, 0.2) is 33.9 Å². The number of amides is 1. The topological polar surface area (TPSA) is 156 Å². The standard InChI is InChI=1S/C31H38N6O8/c1-7-8-16-36-25-26(33-28(36)35-15-11-12-20(17-35)32-29(41)45-31(2,3)4)34(5)30(42)37(27(25)40)18-22(38)21-13-9-10-14-23(21)44-19-24(39)43-6/h9-10,13-14,20H,11-12,15-19H2,1-6H3,(H,32,41). The minimum absolute atomic E-state index is 0.0957. The molecule has 1 aromatic carbocycles. The lowest BCUT2D eigenvalue weighted by atomic mass is 10.1. The SMILES string of the molecule is CC#CCn1c(N2CCCC(NC(=O)OC(C)(C)C)C2)nc2c1c(=O)n(CC(=O)c1ccccc1OCC(=O)OC)c(=O)n2C. The largest absolute Gasteiger partial charge is 0.481 e. The highest BCUT2D eigenvalue weighted by Crippen LogP contribution is 2.24. The van der Waals surface area contributed by atoms with Gasteiger partial charge in [0, 0.05) is 26.2 Å². The summed E-state index contributed by atoms with van der Waals surface area (Å²) in [5.74, 6) is 5.14. The van der Waals surface area contributed by atoms with Crippen molar-refractivity contribution in [2.75, 3.05) is 31.7 Å². The van der Waals surface area contributed by atoms with Crippen LogP contribution in [0.2, 0.25) is 0 Å². The number of para-hydroxylation sites is 1. The number of ketones is 1. The lowest BCUT2D eigenvalue weighted by Gasteiger charge is -2.34. The first-order chi connectivity index (χ1) is 21.3. The van der Waals surface area contributed by atoms with E-state index in [0.29, 0.717) is 19.0 Å². The Kier molecular flexibility index (Phi) is 10.0. The molecule has 0 bridgehead atoms. The molecule has 3 heterocycles. The van der Waals surface area contributed by atoms with Crippen molar-refractivity contribution < 1.29 is 28.6 Å². The van der Waals surface area contributed by atoms with Crippen molar-refractivity contribution in [3.63, 3.8) is 0 Å². The van der Waals surface area contributed by atoms with Gasteiger partial charge < -0.3 is 24.4 Å². The number of imidazole rings is 1. The highest BCUT2D eigenvalue weighted by Gasteiger charge is 2.29. The summed E-state index contributed by atoms with van der Waals surface area (Å²) < 4.78 is 19.2. The smallest absolute Gasteiger partial charge is 0.407 e. The van der Waals surface area contributed by atoms with Crippen molar-refractivity contribution in [1.82, 2.24) is 24.0 Å². The Morgan fingerprint density at radius 3 is 2.56 bits per heavy atom. The van der Waals surface area contributed by atoms with Crippen LogP contribution >= 0.6 is 0 Å². The van der Waals surface area contributed by atoms with Gasteiger partial charge in [-0.1, -0.05) is 18.1 Å². The molecule has 0 saturated carbocycles. The van der Waals surface area contributed by atoms with Crippen molar-refractivity contribution >= 4 is 35.0 Å². The normalized spacial score (nSPS) is 14.8. The maximum Gasteiger partial charge on any atom is 0.407 e. The molecule has 14 heteroatoms. The van der Waals surface area contributed by atoms with E-state index in [0.717, 1.165) is 17.4 Å². The first-order valence-electron chi connectivity index (χ1n) is 14.5. The molecule has 3 aromatic rings. The summed E-state index contributed by atoms with van der Waals surface area (Å²) in [7, 11) is 2.70. The van der Waals surface area contributed by atoms with E-state index >= 15 is 0 Å². The number of nitrogens with zero attached hydrogens (tertiary/aromatic N) is 5. The number of ether oxygens (including phenoxy) is 3. The molecule has 1 amide bonds. The third-order valence-corrected chi connectivity index (χ3v) is 7.11. The van der Waals surface area contributed by atoms with E-state index in [9.17, 15) is 24.0 Å². The summed E-state index contributed by atoms with van der Waals surface area (Å²) >= 11 is 0. The average molecular weight is 623 g/mol. The third kappa shape index (κ3) is 7.54. The van der Waals surface area contributed by atoms with Gasteiger partial charge in [0.1, 0.15) is 11.4 Å². The maximum absolute atomic E-state index is 13.9. The zero-order valence-corrected chi connectivity index (χ0v) is 26.3. The quantitative estimate of drug-likeness (QED) is 0.212. The van der Waals surface area contributed by atoms with Crippen molar-refractivity contribution in [1.29, 1.82) is 0 Å². The van der Waals surface area contributed by atoms with Crippen LogP contribution < -0.4 is 26.2 Å². The summed E-state index contributed by atoms with van der Waals surface area (Å²) in [6.45, 7) is 7.15. The molecule has 1 fully saturated rings. The van der Waals surface area contributed by atoms with Gasteiger partial charge in [0.15, 0.2) is 23.6 Å². The fourth-order valence-corrected chi connectivity index (χ4v) is 5.05. The average Bonchev–Trinajstić information content (AvgIpc) is 3.38. The number of carbonyl (C=O) groups is 3. The molecule has 0 radical (unpaired) electrons. The number of piperidine rings is 1. The number of aryl methyl sites for hydroxylation is 1. The minimum Gasteiger partial charge on any atom is -0.481 e. The summed E-state index contributed by atoms with van der Waals surface area (Å²) in [5, 5.41) is 2.91. The van der Waals surface area contributed by atoms with E-state index < -0.39 is 47.8 Å². The van der Waals surface area contributed by atoms with Crippen molar-refractivity contribution in [3.8, 4) is 17.6 Å². The third-order valence-electron chi connectivity index (χ3n) is 7.11. The first-order valence-corrected chi connectivity index (χ1v) is 14.5.